The SMILES string of the molecule is O=C(Nc1ncccn1)N[C@H]1CCN(C(=O)c2ccc(F)cc2)C1. The van der Waals surface area contributed by atoms with E-state index in [4.69, 9.17) is 0 Å². The van der Waals surface area contributed by atoms with E-state index in [2.05, 4.69) is 20.6 Å². The van der Waals surface area contributed by atoms with E-state index in [-0.39, 0.29) is 23.7 Å². The highest BCUT2D eigenvalue weighted by molar-refractivity contribution is 5.94. The number of benzene rings is 1. The number of hydrogen-bond donors (Lipinski definition) is 2. The van der Waals surface area contributed by atoms with Crippen molar-refractivity contribution < 1.29 is 14.0 Å². The lowest BCUT2D eigenvalue weighted by Crippen LogP contribution is -2.40. The summed E-state index contributed by atoms with van der Waals surface area (Å²) in [4.78, 5) is 33.7. The first kappa shape index (κ1) is 15.9. The minimum atomic E-state index is -0.415. The first-order chi connectivity index (χ1) is 11.6. The van der Waals surface area contributed by atoms with Crippen LogP contribution in [0.4, 0.5) is 15.1 Å². The normalized spacial score (nSPS) is 16.7. The quantitative estimate of drug-likeness (QED) is 0.896. The predicted octanol–water partition coefficient (Wildman–Crippen LogP) is 1.65. The lowest BCUT2D eigenvalue weighted by molar-refractivity contribution is 0.0789. The van der Waals surface area contributed by atoms with Crippen molar-refractivity contribution in [1.29, 1.82) is 0 Å². The van der Waals surface area contributed by atoms with Gasteiger partial charge in [0.15, 0.2) is 0 Å². The van der Waals surface area contributed by atoms with Crippen LogP contribution in [0, 0.1) is 5.82 Å². The summed E-state index contributed by atoms with van der Waals surface area (Å²) in [7, 11) is 0. The average Bonchev–Trinajstić information content (AvgIpc) is 3.04. The van der Waals surface area contributed by atoms with Crippen molar-refractivity contribution in [3.63, 3.8) is 0 Å². The van der Waals surface area contributed by atoms with Crippen molar-refractivity contribution in [2.75, 3.05) is 18.4 Å². The average molecular weight is 329 g/mol. The molecule has 0 aliphatic carbocycles. The van der Waals surface area contributed by atoms with E-state index in [1.807, 2.05) is 0 Å². The Labute approximate surface area is 137 Å². The van der Waals surface area contributed by atoms with E-state index in [1.165, 1.54) is 36.7 Å². The van der Waals surface area contributed by atoms with Crippen LogP contribution in [0.25, 0.3) is 0 Å². The van der Waals surface area contributed by atoms with E-state index < -0.39 is 6.03 Å². The molecule has 1 fully saturated rings. The Kier molecular flexibility index (Phi) is 4.64. The van der Waals surface area contributed by atoms with Crippen LogP contribution in [0.3, 0.4) is 0 Å². The Morgan fingerprint density at radius 3 is 2.58 bits per heavy atom. The number of anilines is 1. The molecule has 1 aliphatic heterocycles. The second kappa shape index (κ2) is 7.03. The Balaban J connectivity index is 1.52. The molecule has 2 N–H and O–H groups in total. The fraction of sp³-hybridized carbons (Fsp3) is 0.250. The molecule has 1 aromatic heterocycles. The lowest BCUT2D eigenvalue weighted by atomic mass is 10.2. The summed E-state index contributed by atoms with van der Waals surface area (Å²) in [5.74, 6) is -0.342. The minimum Gasteiger partial charge on any atom is -0.337 e. The van der Waals surface area contributed by atoms with Crippen molar-refractivity contribution >= 4 is 17.9 Å². The number of rotatable bonds is 3. The third-order valence-corrected chi connectivity index (χ3v) is 3.69. The van der Waals surface area contributed by atoms with Crippen LogP contribution in [0.15, 0.2) is 42.7 Å². The summed E-state index contributed by atoms with van der Waals surface area (Å²) in [5, 5.41) is 5.32. The zero-order valence-electron chi connectivity index (χ0n) is 12.8. The van der Waals surface area contributed by atoms with Crippen molar-refractivity contribution in [1.82, 2.24) is 20.2 Å². The third-order valence-electron chi connectivity index (χ3n) is 3.69. The van der Waals surface area contributed by atoms with Crippen LogP contribution in [-0.4, -0.2) is 45.9 Å². The highest BCUT2D eigenvalue weighted by atomic mass is 19.1. The molecular formula is C16H16FN5O2. The first-order valence-corrected chi connectivity index (χ1v) is 7.51. The maximum atomic E-state index is 12.9. The molecule has 8 heteroatoms. The van der Waals surface area contributed by atoms with E-state index >= 15 is 0 Å². The summed E-state index contributed by atoms with van der Waals surface area (Å²) in [6, 6.07) is 6.51. The maximum Gasteiger partial charge on any atom is 0.321 e. The summed E-state index contributed by atoms with van der Waals surface area (Å²) >= 11 is 0. The number of hydrogen-bond acceptors (Lipinski definition) is 4. The van der Waals surface area contributed by atoms with Crippen LogP contribution < -0.4 is 10.6 Å². The van der Waals surface area contributed by atoms with Gasteiger partial charge in [-0.15, -0.1) is 0 Å². The highest BCUT2D eigenvalue weighted by Crippen LogP contribution is 2.14. The van der Waals surface area contributed by atoms with Crippen molar-refractivity contribution in [2.45, 2.75) is 12.5 Å². The number of urea groups is 1. The molecule has 124 valence electrons. The molecule has 0 unspecified atom stereocenters. The molecule has 1 saturated heterocycles. The van der Waals surface area contributed by atoms with E-state index in [0.717, 1.165) is 0 Å². The molecule has 3 amide bonds. The van der Waals surface area contributed by atoms with E-state index in [0.29, 0.717) is 25.1 Å². The molecule has 3 rings (SSSR count). The zero-order chi connectivity index (χ0) is 16.9. The van der Waals surface area contributed by atoms with Crippen LogP contribution >= 0.6 is 0 Å². The van der Waals surface area contributed by atoms with Gasteiger partial charge < -0.3 is 10.2 Å². The number of nitrogens with one attached hydrogen (secondary N) is 2. The summed E-state index contributed by atoms with van der Waals surface area (Å²) in [5.41, 5.74) is 0.430. The van der Waals surface area contributed by atoms with Gasteiger partial charge in [-0.1, -0.05) is 0 Å². The summed E-state index contributed by atoms with van der Waals surface area (Å²) in [6.45, 7) is 0.933. The van der Waals surface area contributed by atoms with Crippen LogP contribution in [0.1, 0.15) is 16.8 Å². The molecular weight excluding hydrogens is 313 g/mol. The molecule has 2 aromatic rings. The standard InChI is InChI=1S/C16H16FN5O2/c17-12-4-2-11(3-5-12)14(23)22-9-6-13(10-22)20-16(24)21-15-18-7-1-8-19-15/h1-5,7-8,13H,6,9-10H2,(H2,18,19,20,21,24)/t13-/m0/s1. The van der Waals surface area contributed by atoms with Gasteiger partial charge in [0.25, 0.3) is 5.91 Å². The minimum absolute atomic E-state index is 0.155. The Morgan fingerprint density at radius 2 is 1.88 bits per heavy atom. The van der Waals surface area contributed by atoms with Crippen molar-refractivity contribution in [3.8, 4) is 0 Å². The fourth-order valence-electron chi connectivity index (χ4n) is 2.52. The van der Waals surface area contributed by atoms with Crippen LogP contribution in [0.5, 0.6) is 0 Å². The summed E-state index contributed by atoms with van der Waals surface area (Å²) < 4.78 is 12.9. The van der Waals surface area contributed by atoms with Gasteiger partial charge in [-0.3, -0.25) is 10.1 Å². The van der Waals surface area contributed by atoms with E-state index in [1.54, 1.807) is 11.0 Å². The number of amides is 3. The molecule has 2 heterocycles. The van der Waals surface area contributed by atoms with Gasteiger partial charge >= 0.3 is 6.03 Å². The van der Waals surface area contributed by atoms with Gasteiger partial charge in [0, 0.05) is 37.1 Å². The molecule has 7 nitrogen and oxygen atoms in total. The van der Waals surface area contributed by atoms with Gasteiger partial charge in [0.05, 0.1) is 0 Å². The Morgan fingerprint density at radius 1 is 1.17 bits per heavy atom. The van der Waals surface area contributed by atoms with Crippen molar-refractivity contribution in [3.05, 3.63) is 54.1 Å². The second-order valence-electron chi connectivity index (χ2n) is 5.41. The molecule has 1 atom stereocenters. The molecule has 1 aliphatic rings. The second-order valence-corrected chi connectivity index (χ2v) is 5.41. The zero-order valence-corrected chi connectivity index (χ0v) is 12.8. The van der Waals surface area contributed by atoms with E-state index in [9.17, 15) is 14.0 Å². The van der Waals surface area contributed by atoms with Gasteiger partial charge in [-0.05, 0) is 36.8 Å². The number of carbonyl (C=O) groups is 2. The molecule has 0 bridgehead atoms. The van der Waals surface area contributed by atoms with Crippen molar-refractivity contribution in [2.24, 2.45) is 0 Å². The van der Waals surface area contributed by atoms with Gasteiger partial charge in [0.2, 0.25) is 5.95 Å². The molecule has 0 saturated carbocycles. The number of halogens is 1. The van der Waals surface area contributed by atoms with Gasteiger partial charge in [-0.25, -0.2) is 19.2 Å². The largest absolute Gasteiger partial charge is 0.337 e. The number of likely N-dealkylation sites (tertiary alicyclic amines) is 1. The van der Waals surface area contributed by atoms with Gasteiger partial charge in [0.1, 0.15) is 5.82 Å². The smallest absolute Gasteiger partial charge is 0.321 e. The third kappa shape index (κ3) is 3.83. The van der Waals surface area contributed by atoms with Gasteiger partial charge in [-0.2, -0.15) is 0 Å². The lowest BCUT2D eigenvalue weighted by Gasteiger charge is -2.17. The summed E-state index contributed by atoms with van der Waals surface area (Å²) in [6.07, 6.45) is 3.71. The number of aromatic nitrogens is 2. The maximum absolute atomic E-state index is 12.9. The monoisotopic (exact) mass is 329 g/mol. The number of nitrogens with zero attached hydrogens (tertiary/aromatic N) is 3. The first-order valence-electron chi connectivity index (χ1n) is 7.51. The van der Waals surface area contributed by atoms with Crippen LogP contribution in [0.2, 0.25) is 0 Å². The molecule has 0 spiro atoms. The molecule has 24 heavy (non-hydrogen) atoms. The Hall–Kier alpha value is -3.03. The fourth-order valence-corrected chi connectivity index (χ4v) is 2.52. The molecule has 0 radical (unpaired) electrons. The highest BCUT2D eigenvalue weighted by Gasteiger charge is 2.28. The predicted molar refractivity (Wildman–Crippen MR) is 84.9 cm³/mol. The Bertz CT molecular complexity index is 723. The van der Waals surface area contributed by atoms with Crippen LogP contribution in [-0.2, 0) is 0 Å². The topological polar surface area (TPSA) is 87.2 Å². The number of carbonyl (C=O) groups excluding carboxylic acids is 2. The molecule has 1 aromatic carbocycles.